The first-order valence-corrected chi connectivity index (χ1v) is 12.5. The second kappa shape index (κ2) is 12.3. The highest BCUT2D eigenvalue weighted by Gasteiger charge is 2.31. The van der Waals surface area contributed by atoms with Gasteiger partial charge < -0.3 is 31.4 Å². The molecule has 6 heteroatoms. The summed E-state index contributed by atoms with van der Waals surface area (Å²) < 4.78 is 25.1. The maximum atomic E-state index is 5.83. The molecule has 0 unspecified atom stereocenters. The van der Waals surface area contributed by atoms with Crippen LogP contribution < -0.4 is 35.9 Å². The van der Waals surface area contributed by atoms with E-state index in [4.69, 9.17) is 18.9 Å². The van der Waals surface area contributed by atoms with E-state index in [1.165, 1.54) is 66.3 Å². The molecule has 4 rings (SSSR count). The molecule has 0 radical (unpaired) electrons. The first kappa shape index (κ1) is 26.9. The summed E-state index contributed by atoms with van der Waals surface area (Å²) in [5.74, 6) is 3.13. The number of halogens is 1. The second-order valence-electron chi connectivity index (χ2n) is 9.04. The minimum atomic E-state index is 0. The lowest BCUT2D eigenvalue weighted by molar-refractivity contribution is -0.686. The van der Waals surface area contributed by atoms with Crippen LogP contribution in [0.5, 0.6) is 23.0 Å². The van der Waals surface area contributed by atoms with E-state index in [-0.39, 0.29) is 12.4 Å². The Morgan fingerprint density at radius 2 is 1.46 bits per heavy atom. The van der Waals surface area contributed by atoms with Gasteiger partial charge in [0.2, 0.25) is 5.69 Å². The van der Waals surface area contributed by atoms with Crippen LogP contribution in [0.4, 0.5) is 0 Å². The fourth-order valence-corrected chi connectivity index (χ4v) is 5.28. The number of benzene rings is 2. The van der Waals surface area contributed by atoms with Crippen molar-refractivity contribution >= 4 is 10.8 Å². The van der Waals surface area contributed by atoms with Gasteiger partial charge >= 0.3 is 0 Å². The van der Waals surface area contributed by atoms with Crippen LogP contribution in [0.2, 0.25) is 0 Å². The topological polar surface area (TPSA) is 40.8 Å². The summed E-state index contributed by atoms with van der Waals surface area (Å²) in [5.41, 5.74) is 5.21. The lowest BCUT2D eigenvalue weighted by Crippen LogP contribution is -3.00. The Labute approximate surface area is 215 Å². The van der Waals surface area contributed by atoms with E-state index in [0.29, 0.717) is 0 Å². The predicted octanol–water partition coefficient (Wildman–Crippen LogP) is 3.29. The van der Waals surface area contributed by atoms with Crippen molar-refractivity contribution in [2.45, 2.75) is 64.8 Å². The maximum absolute atomic E-state index is 5.83. The van der Waals surface area contributed by atoms with Crippen molar-refractivity contribution in [3.8, 4) is 34.3 Å². The van der Waals surface area contributed by atoms with Crippen molar-refractivity contribution in [3.05, 3.63) is 41.6 Å². The maximum Gasteiger partial charge on any atom is 0.216 e. The van der Waals surface area contributed by atoms with Gasteiger partial charge in [-0.3, -0.25) is 0 Å². The van der Waals surface area contributed by atoms with E-state index in [0.717, 1.165) is 47.8 Å². The zero-order valence-corrected chi connectivity index (χ0v) is 22.5. The summed E-state index contributed by atoms with van der Waals surface area (Å²) >= 11 is 0. The molecule has 1 aliphatic heterocycles. The van der Waals surface area contributed by atoms with Gasteiger partial charge in [0.05, 0.1) is 39.4 Å². The van der Waals surface area contributed by atoms with Crippen LogP contribution in [0.1, 0.15) is 56.6 Å². The van der Waals surface area contributed by atoms with Crippen LogP contribution in [0.25, 0.3) is 22.0 Å². The average molecular weight is 500 g/mol. The third kappa shape index (κ3) is 5.30. The zero-order chi connectivity index (χ0) is 24.1. The molecular weight excluding hydrogens is 462 g/mol. The first-order valence-electron chi connectivity index (χ1n) is 12.5. The van der Waals surface area contributed by atoms with Gasteiger partial charge in [-0.2, -0.15) is 4.57 Å². The van der Waals surface area contributed by atoms with Crippen LogP contribution in [0.15, 0.2) is 30.5 Å². The van der Waals surface area contributed by atoms with Gasteiger partial charge in [-0.15, -0.1) is 0 Å². The summed E-state index contributed by atoms with van der Waals surface area (Å²) in [7, 11) is 6.83. The number of nitrogens with zero attached hydrogens (tertiary/aromatic N) is 1. The molecule has 0 N–H and O–H groups in total. The molecule has 1 aromatic heterocycles. The molecule has 0 saturated heterocycles. The van der Waals surface area contributed by atoms with Crippen molar-refractivity contribution in [1.82, 2.24) is 0 Å². The number of unbranched alkanes of at least 4 members (excludes halogenated alkanes) is 5. The molecule has 190 valence electrons. The van der Waals surface area contributed by atoms with E-state index in [9.17, 15) is 0 Å². The lowest BCUT2D eigenvalue weighted by Gasteiger charge is -2.22. The van der Waals surface area contributed by atoms with E-state index in [1.807, 2.05) is 6.07 Å². The highest BCUT2D eigenvalue weighted by Crippen LogP contribution is 2.42. The molecular formula is C29H38ClNO4. The zero-order valence-electron chi connectivity index (χ0n) is 21.7. The Morgan fingerprint density at radius 1 is 0.771 bits per heavy atom. The summed E-state index contributed by atoms with van der Waals surface area (Å²) in [4.78, 5) is 0. The Morgan fingerprint density at radius 3 is 2.14 bits per heavy atom. The van der Waals surface area contributed by atoms with Crippen molar-refractivity contribution in [2.24, 2.45) is 0 Å². The summed E-state index contributed by atoms with van der Waals surface area (Å²) in [6.45, 7) is 3.18. The molecule has 1 aliphatic rings. The number of rotatable bonds is 11. The Hall–Kier alpha value is -2.66. The number of pyridine rings is 1. The standard InChI is InChI=1S/C29H38NO4.ClH/c1-6-7-8-9-10-11-12-22-21-13-14-25(31-2)29(34-5)24(21)19-30-16-15-20-17-26(32-3)27(33-4)18-23(20)28(22)30;/h13-14,17-19H,6-12,15-16H2,1-5H3;1H/q+1;/p-1. The summed E-state index contributed by atoms with van der Waals surface area (Å²) in [6, 6.07) is 8.52. The average Bonchev–Trinajstić information content (AvgIpc) is 2.88. The minimum Gasteiger partial charge on any atom is -1.00 e. The van der Waals surface area contributed by atoms with Crippen LogP contribution in [-0.2, 0) is 19.4 Å². The number of hydrogen-bond donors (Lipinski definition) is 0. The quantitative estimate of drug-likeness (QED) is 0.300. The van der Waals surface area contributed by atoms with E-state index in [2.05, 4.69) is 35.9 Å². The van der Waals surface area contributed by atoms with Crippen LogP contribution in [0, 0.1) is 0 Å². The number of hydrogen-bond acceptors (Lipinski definition) is 4. The number of aromatic nitrogens is 1. The molecule has 0 atom stereocenters. The van der Waals surface area contributed by atoms with Crippen molar-refractivity contribution < 1.29 is 35.9 Å². The Kier molecular flexibility index (Phi) is 9.50. The van der Waals surface area contributed by atoms with Crippen molar-refractivity contribution in [1.29, 1.82) is 0 Å². The predicted molar refractivity (Wildman–Crippen MR) is 137 cm³/mol. The molecule has 35 heavy (non-hydrogen) atoms. The van der Waals surface area contributed by atoms with E-state index in [1.54, 1.807) is 28.4 Å². The van der Waals surface area contributed by atoms with E-state index >= 15 is 0 Å². The fourth-order valence-electron chi connectivity index (χ4n) is 5.28. The third-order valence-corrected chi connectivity index (χ3v) is 7.03. The van der Waals surface area contributed by atoms with E-state index < -0.39 is 0 Å². The van der Waals surface area contributed by atoms with Crippen LogP contribution in [-0.4, -0.2) is 28.4 Å². The highest BCUT2D eigenvalue weighted by atomic mass is 35.5. The van der Waals surface area contributed by atoms with Gasteiger partial charge in [0.1, 0.15) is 0 Å². The van der Waals surface area contributed by atoms with Crippen LogP contribution in [0.3, 0.4) is 0 Å². The highest BCUT2D eigenvalue weighted by molar-refractivity contribution is 5.95. The normalized spacial score (nSPS) is 11.9. The number of ether oxygens (including phenoxy) is 4. The molecule has 0 spiro atoms. The Bertz CT molecular complexity index is 1160. The van der Waals surface area contributed by atoms with Crippen molar-refractivity contribution in [2.75, 3.05) is 28.4 Å². The van der Waals surface area contributed by atoms with Gasteiger partial charge in [0.15, 0.2) is 35.7 Å². The lowest BCUT2D eigenvalue weighted by atomic mass is 9.89. The SMILES string of the molecule is CCCCCCCCc1c2[n+](cc3c(OC)c(OC)ccc13)CCc1cc(OC)c(OC)cc1-2.[Cl-]. The fraction of sp³-hybridized carbons (Fsp3) is 0.483. The Balaban J connectivity index is 0.00000342. The largest absolute Gasteiger partial charge is 1.00 e. The first-order chi connectivity index (χ1) is 16.7. The summed E-state index contributed by atoms with van der Waals surface area (Å²) in [6.07, 6.45) is 11.9. The monoisotopic (exact) mass is 499 g/mol. The molecule has 0 aliphatic carbocycles. The molecule has 5 nitrogen and oxygen atoms in total. The van der Waals surface area contributed by atoms with Gasteiger partial charge in [-0.1, -0.05) is 39.0 Å². The molecule has 0 saturated carbocycles. The molecule has 0 bridgehead atoms. The number of aryl methyl sites for hydroxylation is 3. The summed E-state index contributed by atoms with van der Waals surface area (Å²) in [5, 5.41) is 2.34. The van der Waals surface area contributed by atoms with Crippen LogP contribution >= 0.6 is 0 Å². The molecule has 0 amide bonds. The number of methoxy groups -OCH3 is 4. The number of fused-ring (bicyclic) bond motifs is 4. The second-order valence-corrected chi connectivity index (χ2v) is 9.04. The molecule has 2 heterocycles. The van der Waals surface area contributed by atoms with Gasteiger partial charge in [0, 0.05) is 17.4 Å². The minimum absolute atomic E-state index is 0. The smallest absolute Gasteiger partial charge is 0.216 e. The molecule has 2 aromatic carbocycles. The van der Waals surface area contributed by atoms with Crippen molar-refractivity contribution in [3.63, 3.8) is 0 Å². The van der Waals surface area contributed by atoms with Gasteiger partial charge in [-0.05, 0) is 42.7 Å². The third-order valence-electron chi connectivity index (χ3n) is 7.03. The van der Waals surface area contributed by atoms with Gasteiger partial charge in [-0.25, -0.2) is 0 Å². The molecule has 0 fully saturated rings. The van der Waals surface area contributed by atoms with Gasteiger partial charge in [0.25, 0.3) is 0 Å². The molecule has 3 aromatic rings.